The lowest BCUT2D eigenvalue weighted by molar-refractivity contribution is -0.110. The lowest BCUT2D eigenvalue weighted by Crippen LogP contribution is -2.43. The summed E-state index contributed by atoms with van der Waals surface area (Å²) in [6, 6.07) is 8.10. The number of fused-ring (bicyclic) bond motifs is 1. The minimum absolute atomic E-state index is 0.507. The molecule has 0 aromatic heterocycles. The first kappa shape index (κ1) is 9.15. The number of rotatable bonds is 1. The molecule has 0 aliphatic carbocycles. The molecule has 2 nitrogen and oxygen atoms in total. The lowest BCUT2D eigenvalue weighted by Gasteiger charge is -2.30. The van der Waals surface area contributed by atoms with Crippen molar-refractivity contribution < 1.29 is 4.79 Å². The summed E-state index contributed by atoms with van der Waals surface area (Å²) >= 11 is 2.17. The third-order valence-corrected chi connectivity index (χ3v) is 3.57. The van der Waals surface area contributed by atoms with Gasteiger partial charge in [-0.2, -0.15) is 0 Å². The van der Waals surface area contributed by atoms with Crippen LogP contribution in [0.4, 0.5) is 0 Å². The monoisotopic (exact) mass is 287 g/mol. The van der Waals surface area contributed by atoms with Gasteiger partial charge in [-0.3, -0.25) is 10.1 Å². The number of hydrogen-bond acceptors (Lipinski definition) is 2. The van der Waals surface area contributed by atoms with Gasteiger partial charge in [-0.25, -0.2) is 0 Å². The van der Waals surface area contributed by atoms with Gasteiger partial charge in [0.1, 0.15) is 0 Å². The number of nitrogens with one attached hydrogen (secondary N) is 1. The fourth-order valence-corrected chi connectivity index (χ4v) is 2.47. The highest BCUT2D eigenvalue weighted by molar-refractivity contribution is 14.1. The van der Waals surface area contributed by atoms with Gasteiger partial charge >= 0.3 is 0 Å². The smallest absolute Gasteiger partial charge is 0.154 e. The fourth-order valence-electron chi connectivity index (χ4n) is 1.67. The van der Waals surface area contributed by atoms with Crippen molar-refractivity contribution in [1.82, 2.24) is 5.32 Å². The molecular formula is C10H10INO. The Morgan fingerprint density at radius 3 is 3.00 bits per heavy atom. The van der Waals surface area contributed by atoms with Gasteiger partial charge in [-0.15, -0.1) is 0 Å². The molecule has 0 amide bonds. The molecule has 1 aliphatic heterocycles. The minimum Gasteiger partial charge on any atom is -0.300 e. The Labute approximate surface area is 90.9 Å². The molecule has 0 saturated heterocycles. The molecule has 0 fully saturated rings. The van der Waals surface area contributed by atoms with Crippen LogP contribution in [0.1, 0.15) is 11.1 Å². The highest BCUT2D eigenvalue weighted by Crippen LogP contribution is 2.32. The van der Waals surface area contributed by atoms with Crippen molar-refractivity contribution in [2.24, 2.45) is 0 Å². The lowest BCUT2D eigenvalue weighted by atomic mass is 9.95. The fraction of sp³-hybridized carbons (Fsp3) is 0.300. The maximum absolute atomic E-state index is 11.0. The molecule has 0 spiro atoms. The highest BCUT2D eigenvalue weighted by Gasteiger charge is 2.32. The van der Waals surface area contributed by atoms with E-state index < -0.39 is 3.55 Å². The van der Waals surface area contributed by atoms with Gasteiger partial charge in [-0.05, 0) is 40.1 Å². The van der Waals surface area contributed by atoms with Crippen molar-refractivity contribution in [3.05, 3.63) is 35.4 Å². The highest BCUT2D eigenvalue weighted by atomic mass is 127. The van der Waals surface area contributed by atoms with E-state index in [0.717, 1.165) is 24.8 Å². The average molecular weight is 287 g/mol. The maximum Gasteiger partial charge on any atom is 0.154 e. The molecule has 68 valence electrons. The van der Waals surface area contributed by atoms with Crippen LogP contribution in [0.3, 0.4) is 0 Å². The minimum atomic E-state index is -0.507. The summed E-state index contributed by atoms with van der Waals surface area (Å²) in [5, 5.41) is 3.22. The van der Waals surface area contributed by atoms with Gasteiger partial charge in [0.25, 0.3) is 0 Å². The molecule has 1 aromatic carbocycles. The second kappa shape index (κ2) is 3.38. The van der Waals surface area contributed by atoms with Crippen molar-refractivity contribution in [2.45, 2.75) is 9.97 Å². The number of hydrogen-bond donors (Lipinski definition) is 1. The van der Waals surface area contributed by atoms with Crippen LogP contribution >= 0.6 is 22.6 Å². The average Bonchev–Trinajstić information content (AvgIpc) is 2.19. The Balaban J connectivity index is 2.54. The molecule has 1 aliphatic rings. The van der Waals surface area contributed by atoms with Gasteiger partial charge in [0, 0.05) is 6.54 Å². The molecule has 13 heavy (non-hydrogen) atoms. The number of alkyl halides is 1. The van der Waals surface area contributed by atoms with Crippen molar-refractivity contribution in [2.75, 3.05) is 6.54 Å². The van der Waals surface area contributed by atoms with E-state index in [4.69, 9.17) is 0 Å². The molecule has 2 rings (SSSR count). The zero-order valence-electron chi connectivity index (χ0n) is 7.09. The Morgan fingerprint density at radius 2 is 2.23 bits per heavy atom. The summed E-state index contributed by atoms with van der Waals surface area (Å²) in [4.78, 5) is 11.0. The van der Waals surface area contributed by atoms with Crippen LogP contribution in [0.2, 0.25) is 0 Å². The van der Waals surface area contributed by atoms with E-state index in [1.54, 1.807) is 0 Å². The second-order valence-electron chi connectivity index (χ2n) is 3.16. The van der Waals surface area contributed by atoms with Gasteiger partial charge in [0.15, 0.2) is 9.83 Å². The third kappa shape index (κ3) is 1.50. The number of aldehydes is 1. The zero-order chi connectivity index (χ0) is 9.31. The van der Waals surface area contributed by atoms with Crippen molar-refractivity contribution >= 4 is 28.9 Å². The Morgan fingerprint density at radius 1 is 1.46 bits per heavy atom. The quantitative estimate of drug-likeness (QED) is 0.368. The normalized spacial score (nSPS) is 26.5. The molecule has 1 unspecified atom stereocenters. The Kier molecular flexibility index (Phi) is 2.38. The molecule has 0 saturated carbocycles. The molecular weight excluding hydrogens is 277 g/mol. The van der Waals surface area contributed by atoms with Crippen LogP contribution in [0, 0.1) is 0 Å². The molecule has 1 atom stereocenters. The van der Waals surface area contributed by atoms with Crippen molar-refractivity contribution in [3.8, 4) is 0 Å². The summed E-state index contributed by atoms with van der Waals surface area (Å²) < 4.78 is -0.507. The summed E-state index contributed by atoms with van der Waals surface area (Å²) in [6.45, 7) is 0.874. The van der Waals surface area contributed by atoms with Gasteiger partial charge in [0.2, 0.25) is 0 Å². The van der Waals surface area contributed by atoms with E-state index in [1.807, 2.05) is 18.2 Å². The third-order valence-electron chi connectivity index (χ3n) is 2.35. The number of halogens is 1. The molecule has 3 heteroatoms. The van der Waals surface area contributed by atoms with Crippen molar-refractivity contribution in [3.63, 3.8) is 0 Å². The van der Waals surface area contributed by atoms with E-state index in [1.165, 1.54) is 5.56 Å². The summed E-state index contributed by atoms with van der Waals surface area (Å²) in [5.41, 5.74) is 2.39. The van der Waals surface area contributed by atoms with Crippen molar-refractivity contribution in [1.29, 1.82) is 0 Å². The van der Waals surface area contributed by atoms with E-state index in [0.29, 0.717) is 0 Å². The number of carbonyl (C=O) groups is 1. The van der Waals surface area contributed by atoms with E-state index >= 15 is 0 Å². The number of benzene rings is 1. The summed E-state index contributed by atoms with van der Waals surface area (Å²) in [6.07, 6.45) is 1.99. The van der Waals surface area contributed by atoms with Crippen LogP contribution in [-0.4, -0.2) is 12.8 Å². The van der Waals surface area contributed by atoms with Crippen LogP contribution < -0.4 is 5.32 Å². The standard InChI is InChI=1S/C10H10INO/c11-10(7-13)9-4-2-1-3-8(9)5-6-12-10/h1-4,7,12H,5-6H2. The maximum atomic E-state index is 11.0. The van der Waals surface area contributed by atoms with Crippen LogP contribution in [0.25, 0.3) is 0 Å². The predicted octanol–water partition coefficient (Wildman–Crippen LogP) is 1.62. The molecule has 0 radical (unpaired) electrons. The number of carbonyl (C=O) groups excluding carboxylic acids is 1. The molecule has 1 aromatic rings. The van der Waals surface area contributed by atoms with Crippen LogP contribution in [-0.2, 0) is 14.8 Å². The summed E-state index contributed by atoms with van der Waals surface area (Å²) in [5.74, 6) is 0. The molecule has 1 N–H and O–H groups in total. The van der Waals surface area contributed by atoms with Crippen LogP contribution in [0.15, 0.2) is 24.3 Å². The molecule has 0 bridgehead atoms. The Hall–Kier alpha value is -0.420. The van der Waals surface area contributed by atoms with Gasteiger partial charge in [-0.1, -0.05) is 24.3 Å². The van der Waals surface area contributed by atoms with E-state index in [9.17, 15) is 4.79 Å². The van der Waals surface area contributed by atoms with Gasteiger partial charge in [0.05, 0.1) is 0 Å². The molecule has 1 heterocycles. The zero-order valence-corrected chi connectivity index (χ0v) is 9.24. The van der Waals surface area contributed by atoms with E-state index in [2.05, 4.69) is 34.0 Å². The predicted molar refractivity (Wildman–Crippen MR) is 59.9 cm³/mol. The second-order valence-corrected chi connectivity index (χ2v) is 4.87. The van der Waals surface area contributed by atoms with E-state index in [-0.39, 0.29) is 0 Å². The SMILES string of the molecule is O=CC1(I)NCCc2ccccc21. The first-order valence-corrected chi connectivity index (χ1v) is 5.33. The summed E-state index contributed by atoms with van der Waals surface area (Å²) in [7, 11) is 0. The topological polar surface area (TPSA) is 29.1 Å². The largest absolute Gasteiger partial charge is 0.300 e. The Bertz CT molecular complexity index is 339. The first-order chi connectivity index (χ1) is 6.26. The first-order valence-electron chi connectivity index (χ1n) is 4.25. The van der Waals surface area contributed by atoms with Gasteiger partial charge < -0.3 is 0 Å². The van der Waals surface area contributed by atoms with Crippen LogP contribution in [0.5, 0.6) is 0 Å².